The lowest BCUT2D eigenvalue weighted by Crippen LogP contribution is -2.24. The zero-order valence-corrected chi connectivity index (χ0v) is 20.4. The van der Waals surface area contributed by atoms with Crippen LogP contribution in [0.2, 0.25) is 10.0 Å². The van der Waals surface area contributed by atoms with E-state index in [0.717, 1.165) is 54.8 Å². The Kier molecular flexibility index (Phi) is 8.45. The maximum Gasteiger partial charge on any atom is 0.251 e. The van der Waals surface area contributed by atoms with Gasteiger partial charge in [0.1, 0.15) is 18.2 Å². The van der Waals surface area contributed by atoms with Gasteiger partial charge in [-0.15, -0.1) is 0 Å². The highest BCUT2D eigenvalue weighted by Crippen LogP contribution is 2.19. The van der Waals surface area contributed by atoms with E-state index in [1.54, 1.807) is 24.3 Å². The highest BCUT2D eigenvalue weighted by Gasteiger charge is 2.11. The van der Waals surface area contributed by atoms with E-state index in [0.29, 0.717) is 28.8 Å². The molecule has 0 fully saturated rings. The molecule has 3 aromatic carbocycles. The Morgan fingerprint density at radius 1 is 0.882 bits per heavy atom. The third kappa shape index (κ3) is 6.52. The minimum atomic E-state index is -0.0702. The lowest BCUT2D eigenvalue weighted by Gasteiger charge is -2.11. The number of carbonyl (C=O) groups is 1. The van der Waals surface area contributed by atoms with Gasteiger partial charge in [0.25, 0.3) is 5.91 Å². The van der Waals surface area contributed by atoms with Gasteiger partial charge in [-0.1, -0.05) is 41.8 Å². The molecule has 0 bridgehead atoms. The zero-order valence-electron chi connectivity index (χ0n) is 18.8. The van der Waals surface area contributed by atoms with E-state index in [-0.39, 0.29) is 5.91 Å². The molecule has 0 atom stereocenters. The number of para-hydroxylation sites is 2. The lowest BCUT2D eigenvalue weighted by molar-refractivity contribution is 0.0953. The van der Waals surface area contributed by atoms with Crippen LogP contribution in [0, 0.1) is 0 Å². The number of rotatable bonds is 11. The van der Waals surface area contributed by atoms with Crippen LogP contribution in [0.1, 0.15) is 35.4 Å². The number of fused-ring (bicyclic) bond motifs is 1. The second-order valence-electron chi connectivity index (χ2n) is 8.04. The first-order chi connectivity index (χ1) is 16.6. The number of halogens is 2. The molecule has 0 saturated carbocycles. The van der Waals surface area contributed by atoms with E-state index >= 15 is 0 Å². The minimum Gasteiger partial charge on any atom is -0.492 e. The molecule has 34 heavy (non-hydrogen) atoms. The third-order valence-corrected chi connectivity index (χ3v) is 6.10. The van der Waals surface area contributed by atoms with Crippen LogP contribution in [0.5, 0.6) is 5.75 Å². The molecule has 0 radical (unpaired) electrons. The molecule has 0 aliphatic heterocycles. The van der Waals surface area contributed by atoms with Crippen LogP contribution in [0.25, 0.3) is 11.0 Å². The molecule has 4 aromatic rings. The summed E-state index contributed by atoms with van der Waals surface area (Å²) in [6.07, 6.45) is 3.80. The number of aryl methyl sites for hydroxylation is 1. The molecule has 0 spiro atoms. The van der Waals surface area contributed by atoms with Gasteiger partial charge in [0.15, 0.2) is 0 Å². The molecule has 0 aliphatic rings. The first kappa shape index (κ1) is 24.1. The number of ether oxygens (including phenoxy) is 1. The van der Waals surface area contributed by atoms with Crippen molar-refractivity contribution in [2.45, 2.75) is 32.2 Å². The number of hydrogen-bond donors (Lipinski definition) is 1. The van der Waals surface area contributed by atoms with Crippen LogP contribution in [-0.2, 0) is 13.0 Å². The number of nitrogens with one attached hydrogen (secondary N) is 1. The van der Waals surface area contributed by atoms with E-state index in [4.69, 9.17) is 32.9 Å². The SMILES string of the molecule is O=C(NCCCCCc1nc2ccccc2n1CCOc1ccc(Cl)cc1)c1ccc(Cl)cc1. The topological polar surface area (TPSA) is 56.2 Å². The first-order valence-electron chi connectivity index (χ1n) is 11.5. The van der Waals surface area contributed by atoms with Gasteiger partial charge in [-0.3, -0.25) is 4.79 Å². The van der Waals surface area contributed by atoms with Gasteiger partial charge in [-0.05, 0) is 73.5 Å². The fourth-order valence-electron chi connectivity index (χ4n) is 3.84. The van der Waals surface area contributed by atoms with E-state index in [1.165, 1.54) is 0 Å². The van der Waals surface area contributed by atoms with Crippen LogP contribution in [-0.4, -0.2) is 28.6 Å². The second-order valence-corrected chi connectivity index (χ2v) is 8.92. The Hall–Kier alpha value is -3.02. The summed E-state index contributed by atoms with van der Waals surface area (Å²) in [7, 11) is 0. The van der Waals surface area contributed by atoms with Gasteiger partial charge in [0.05, 0.1) is 17.6 Å². The number of hydrogen-bond acceptors (Lipinski definition) is 3. The fraction of sp³-hybridized carbons (Fsp3) is 0.259. The van der Waals surface area contributed by atoms with Gasteiger partial charge < -0.3 is 14.6 Å². The molecule has 4 rings (SSSR count). The highest BCUT2D eigenvalue weighted by atomic mass is 35.5. The number of amides is 1. The van der Waals surface area contributed by atoms with Crippen molar-refractivity contribution in [1.82, 2.24) is 14.9 Å². The third-order valence-electron chi connectivity index (χ3n) is 5.60. The minimum absolute atomic E-state index is 0.0702. The molecule has 0 unspecified atom stereocenters. The van der Waals surface area contributed by atoms with Crippen LogP contribution >= 0.6 is 23.2 Å². The van der Waals surface area contributed by atoms with Gasteiger partial charge in [0.2, 0.25) is 0 Å². The number of aromatic nitrogens is 2. The Labute approximate surface area is 209 Å². The van der Waals surface area contributed by atoms with Gasteiger partial charge in [-0.2, -0.15) is 0 Å². The van der Waals surface area contributed by atoms with E-state index in [9.17, 15) is 4.79 Å². The number of nitrogens with zero attached hydrogens (tertiary/aromatic N) is 2. The summed E-state index contributed by atoms with van der Waals surface area (Å²) in [5.74, 6) is 1.79. The maximum absolute atomic E-state index is 12.2. The maximum atomic E-state index is 12.2. The average Bonchev–Trinajstić information content (AvgIpc) is 3.20. The van der Waals surface area contributed by atoms with Crippen LogP contribution in [0.15, 0.2) is 72.8 Å². The lowest BCUT2D eigenvalue weighted by atomic mass is 10.1. The second kappa shape index (κ2) is 11.9. The number of imidazole rings is 1. The van der Waals surface area contributed by atoms with E-state index < -0.39 is 0 Å². The summed E-state index contributed by atoms with van der Waals surface area (Å²) in [6, 6.07) is 22.5. The quantitative estimate of drug-likeness (QED) is 0.239. The summed E-state index contributed by atoms with van der Waals surface area (Å²) < 4.78 is 8.15. The van der Waals surface area contributed by atoms with Gasteiger partial charge in [-0.25, -0.2) is 4.98 Å². The van der Waals surface area contributed by atoms with Crippen molar-refractivity contribution < 1.29 is 9.53 Å². The highest BCUT2D eigenvalue weighted by molar-refractivity contribution is 6.30. The van der Waals surface area contributed by atoms with Crippen molar-refractivity contribution in [2.24, 2.45) is 0 Å². The van der Waals surface area contributed by atoms with Crippen LogP contribution in [0.4, 0.5) is 0 Å². The first-order valence-corrected chi connectivity index (χ1v) is 12.2. The molecule has 1 aromatic heterocycles. The monoisotopic (exact) mass is 495 g/mol. The zero-order chi connectivity index (χ0) is 23.8. The molecular formula is C27H27Cl2N3O2. The standard InChI is InChI=1S/C27H27Cl2N3O2/c28-21-11-9-20(10-12-21)27(33)30-17-5-1-2-8-26-31-24-6-3-4-7-25(24)32(26)18-19-34-23-15-13-22(29)14-16-23/h3-4,6-7,9-16H,1-2,5,8,17-19H2,(H,30,33). The van der Waals surface area contributed by atoms with Crippen molar-refractivity contribution in [2.75, 3.05) is 13.2 Å². The molecule has 0 aliphatic carbocycles. The number of carbonyl (C=O) groups excluding carboxylic acids is 1. The molecular weight excluding hydrogens is 469 g/mol. The Bertz CT molecular complexity index is 1220. The number of benzene rings is 3. The predicted molar refractivity (Wildman–Crippen MR) is 138 cm³/mol. The summed E-state index contributed by atoms with van der Waals surface area (Å²) in [5, 5.41) is 4.29. The molecule has 5 nitrogen and oxygen atoms in total. The molecule has 1 amide bonds. The molecule has 7 heteroatoms. The summed E-state index contributed by atoms with van der Waals surface area (Å²) >= 11 is 11.8. The van der Waals surface area contributed by atoms with Gasteiger partial charge in [0, 0.05) is 28.6 Å². The molecule has 0 saturated heterocycles. The van der Waals surface area contributed by atoms with Crippen molar-refractivity contribution in [3.8, 4) is 5.75 Å². The average molecular weight is 496 g/mol. The number of unbranched alkanes of at least 4 members (excludes halogenated alkanes) is 2. The molecule has 1 N–H and O–H groups in total. The summed E-state index contributed by atoms with van der Waals surface area (Å²) in [6.45, 7) is 1.91. The van der Waals surface area contributed by atoms with Gasteiger partial charge >= 0.3 is 0 Å². The smallest absolute Gasteiger partial charge is 0.251 e. The summed E-state index contributed by atoms with van der Waals surface area (Å²) in [5.41, 5.74) is 2.74. The van der Waals surface area contributed by atoms with Crippen molar-refractivity contribution in [3.63, 3.8) is 0 Å². The van der Waals surface area contributed by atoms with Crippen molar-refractivity contribution >= 4 is 40.1 Å². The predicted octanol–water partition coefficient (Wildman–Crippen LogP) is 6.56. The van der Waals surface area contributed by atoms with Crippen LogP contribution < -0.4 is 10.1 Å². The Balaban J connectivity index is 1.26. The van der Waals surface area contributed by atoms with Crippen molar-refractivity contribution in [3.05, 3.63) is 94.2 Å². The molecule has 1 heterocycles. The normalized spacial score (nSPS) is 11.0. The largest absolute Gasteiger partial charge is 0.492 e. The molecule has 176 valence electrons. The Morgan fingerprint density at radius 3 is 2.35 bits per heavy atom. The Morgan fingerprint density at radius 2 is 1.59 bits per heavy atom. The van der Waals surface area contributed by atoms with Crippen molar-refractivity contribution in [1.29, 1.82) is 0 Å². The summed E-state index contributed by atoms with van der Waals surface area (Å²) in [4.78, 5) is 17.0. The van der Waals surface area contributed by atoms with E-state index in [2.05, 4.69) is 16.0 Å². The van der Waals surface area contributed by atoms with Crippen LogP contribution in [0.3, 0.4) is 0 Å². The van der Waals surface area contributed by atoms with E-state index in [1.807, 2.05) is 42.5 Å². The fourth-order valence-corrected chi connectivity index (χ4v) is 4.09.